The van der Waals surface area contributed by atoms with E-state index in [1.54, 1.807) is 6.92 Å². The molecule has 0 aliphatic rings. The first-order valence-corrected chi connectivity index (χ1v) is 8.87. The molecule has 4 heterocycles. The van der Waals surface area contributed by atoms with Crippen molar-refractivity contribution in [3.63, 3.8) is 0 Å². The number of alkyl halides is 6. The van der Waals surface area contributed by atoms with Crippen LogP contribution in [0.3, 0.4) is 0 Å². The maximum Gasteiger partial charge on any atom is 0.417 e. The van der Waals surface area contributed by atoms with E-state index in [1.807, 2.05) is 0 Å². The van der Waals surface area contributed by atoms with Crippen molar-refractivity contribution in [3.8, 4) is 22.9 Å². The summed E-state index contributed by atoms with van der Waals surface area (Å²) in [6.07, 6.45) is -2.01. The van der Waals surface area contributed by atoms with Crippen LogP contribution in [0.4, 0.5) is 26.3 Å². The minimum Gasteiger partial charge on any atom is -0.441 e. The SMILES string of the molecule is Cc1cnc(-c2cnccc2C(F)(F)F)o1.O=Cc1cnc(-c2cnccc2C(F)(F)F)o1. The number of carbonyl (C=O) groups excluding carboxylic acids is 1. The number of aromatic nitrogens is 4. The molecular weight excluding hydrogens is 458 g/mol. The number of rotatable bonds is 3. The van der Waals surface area contributed by atoms with Gasteiger partial charge in [-0.2, -0.15) is 26.3 Å². The van der Waals surface area contributed by atoms with Gasteiger partial charge in [0, 0.05) is 24.8 Å². The van der Waals surface area contributed by atoms with E-state index in [2.05, 4.69) is 19.9 Å². The molecule has 0 N–H and O–H groups in total. The second-order valence-electron chi connectivity index (χ2n) is 6.30. The van der Waals surface area contributed by atoms with Crippen molar-refractivity contribution in [1.29, 1.82) is 0 Å². The Balaban J connectivity index is 0.000000186. The summed E-state index contributed by atoms with van der Waals surface area (Å²) in [6, 6.07) is 1.72. The van der Waals surface area contributed by atoms with Gasteiger partial charge in [0.05, 0.1) is 34.6 Å². The first-order valence-electron chi connectivity index (χ1n) is 8.87. The molecule has 0 aliphatic heterocycles. The fourth-order valence-corrected chi connectivity index (χ4v) is 2.57. The monoisotopic (exact) mass is 470 g/mol. The summed E-state index contributed by atoms with van der Waals surface area (Å²) in [7, 11) is 0. The van der Waals surface area contributed by atoms with Crippen LogP contribution in [0.2, 0.25) is 0 Å². The molecule has 0 saturated heterocycles. The van der Waals surface area contributed by atoms with E-state index >= 15 is 0 Å². The van der Waals surface area contributed by atoms with Gasteiger partial charge in [0.25, 0.3) is 0 Å². The van der Waals surface area contributed by atoms with E-state index in [0.717, 1.165) is 43.1 Å². The van der Waals surface area contributed by atoms with Gasteiger partial charge in [-0.05, 0) is 19.1 Å². The number of halogens is 6. The van der Waals surface area contributed by atoms with Crippen LogP contribution in [0.5, 0.6) is 0 Å². The minimum atomic E-state index is -4.53. The highest BCUT2D eigenvalue weighted by atomic mass is 19.4. The molecule has 0 radical (unpaired) electrons. The van der Waals surface area contributed by atoms with Gasteiger partial charge in [0.15, 0.2) is 12.0 Å². The maximum atomic E-state index is 12.7. The third-order valence-corrected chi connectivity index (χ3v) is 3.97. The lowest BCUT2D eigenvalue weighted by molar-refractivity contribution is -0.138. The molecule has 4 aromatic heterocycles. The number of aryl methyl sites for hydroxylation is 1. The van der Waals surface area contributed by atoms with Gasteiger partial charge >= 0.3 is 12.4 Å². The summed E-state index contributed by atoms with van der Waals surface area (Å²) in [6.45, 7) is 1.61. The molecule has 0 aromatic carbocycles. The Morgan fingerprint density at radius 1 is 0.758 bits per heavy atom. The summed E-state index contributed by atoms with van der Waals surface area (Å²) in [4.78, 5) is 24.9. The first-order chi connectivity index (χ1) is 15.5. The Morgan fingerprint density at radius 2 is 1.24 bits per heavy atom. The molecule has 172 valence electrons. The smallest absolute Gasteiger partial charge is 0.417 e. The lowest BCUT2D eigenvalue weighted by Crippen LogP contribution is -2.07. The fraction of sp³-hybridized carbons (Fsp3) is 0.150. The number of pyridine rings is 2. The van der Waals surface area contributed by atoms with Crippen LogP contribution in [0.15, 0.2) is 58.1 Å². The summed E-state index contributed by atoms with van der Waals surface area (Å²) >= 11 is 0. The van der Waals surface area contributed by atoms with Gasteiger partial charge < -0.3 is 8.83 Å². The quantitative estimate of drug-likeness (QED) is 0.283. The zero-order valence-electron chi connectivity index (χ0n) is 16.5. The molecule has 13 heteroatoms. The Labute approximate surface area is 181 Å². The van der Waals surface area contributed by atoms with Crippen molar-refractivity contribution in [2.45, 2.75) is 19.3 Å². The molecule has 0 bridgehead atoms. The Kier molecular flexibility index (Phi) is 6.60. The minimum absolute atomic E-state index is 0.0714. The van der Waals surface area contributed by atoms with E-state index in [0.29, 0.717) is 12.0 Å². The van der Waals surface area contributed by atoms with Crippen molar-refractivity contribution in [3.05, 3.63) is 72.0 Å². The van der Waals surface area contributed by atoms with E-state index in [4.69, 9.17) is 8.83 Å². The van der Waals surface area contributed by atoms with Gasteiger partial charge in [-0.1, -0.05) is 0 Å². The Bertz CT molecular complexity index is 1250. The Morgan fingerprint density at radius 3 is 1.64 bits per heavy atom. The average Bonchev–Trinajstić information content (AvgIpc) is 3.42. The normalized spacial score (nSPS) is 11.6. The second-order valence-corrected chi connectivity index (χ2v) is 6.30. The van der Waals surface area contributed by atoms with Crippen molar-refractivity contribution in [1.82, 2.24) is 19.9 Å². The maximum absolute atomic E-state index is 12.7. The summed E-state index contributed by atoms with van der Waals surface area (Å²) in [5.41, 5.74) is -2.16. The van der Waals surface area contributed by atoms with Gasteiger partial charge in [-0.25, -0.2) is 9.97 Å². The van der Waals surface area contributed by atoms with Crippen molar-refractivity contribution >= 4 is 6.29 Å². The van der Waals surface area contributed by atoms with Crippen LogP contribution < -0.4 is 0 Å². The van der Waals surface area contributed by atoms with Crippen molar-refractivity contribution < 1.29 is 40.0 Å². The van der Waals surface area contributed by atoms with Crippen LogP contribution in [0, 0.1) is 6.92 Å². The topological polar surface area (TPSA) is 94.9 Å². The molecule has 0 atom stereocenters. The van der Waals surface area contributed by atoms with Gasteiger partial charge in [0.1, 0.15) is 5.76 Å². The molecule has 0 fully saturated rings. The highest BCUT2D eigenvalue weighted by Crippen LogP contribution is 2.37. The number of aldehydes is 1. The van der Waals surface area contributed by atoms with Gasteiger partial charge in [0.2, 0.25) is 11.8 Å². The average molecular weight is 470 g/mol. The van der Waals surface area contributed by atoms with Gasteiger partial charge in [-0.15, -0.1) is 0 Å². The molecule has 0 aliphatic carbocycles. The van der Waals surface area contributed by atoms with Crippen LogP contribution in [0.1, 0.15) is 27.4 Å². The third-order valence-electron chi connectivity index (χ3n) is 3.97. The molecule has 0 saturated carbocycles. The van der Waals surface area contributed by atoms with E-state index in [-0.39, 0.29) is 28.7 Å². The van der Waals surface area contributed by atoms with Crippen LogP contribution in [0.25, 0.3) is 22.9 Å². The van der Waals surface area contributed by atoms with Crippen LogP contribution in [-0.2, 0) is 12.4 Å². The van der Waals surface area contributed by atoms with E-state index < -0.39 is 23.5 Å². The lowest BCUT2D eigenvalue weighted by atomic mass is 10.1. The Hall–Kier alpha value is -4.03. The molecule has 4 rings (SSSR count). The van der Waals surface area contributed by atoms with E-state index in [9.17, 15) is 31.1 Å². The lowest BCUT2D eigenvalue weighted by Gasteiger charge is -2.09. The molecule has 0 unspecified atom stereocenters. The van der Waals surface area contributed by atoms with Crippen molar-refractivity contribution in [2.24, 2.45) is 0 Å². The first kappa shape index (κ1) is 23.6. The number of hydrogen-bond acceptors (Lipinski definition) is 7. The predicted molar refractivity (Wildman–Crippen MR) is 99.6 cm³/mol. The van der Waals surface area contributed by atoms with Gasteiger partial charge in [-0.3, -0.25) is 14.8 Å². The standard InChI is InChI=1S/C10H5F3N2O2.C10H7F3N2O/c11-10(12,13)8-1-2-14-4-7(8)9-15-3-6(5-16)17-9;1-6-4-15-9(16-6)7-5-14-3-2-8(7)10(11,12)13/h1-5H;2-5H,1H3. The third kappa shape index (κ3) is 5.61. The molecule has 33 heavy (non-hydrogen) atoms. The van der Waals surface area contributed by atoms with Crippen LogP contribution >= 0.6 is 0 Å². The van der Waals surface area contributed by atoms with Crippen molar-refractivity contribution in [2.75, 3.05) is 0 Å². The second kappa shape index (κ2) is 9.22. The number of oxazole rings is 2. The number of nitrogens with zero attached hydrogens (tertiary/aromatic N) is 4. The number of carbonyl (C=O) groups is 1. The molecule has 0 spiro atoms. The predicted octanol–water partition coefficient (Wildman–Crippen LogP) is 5.63. The molecule has 4 aromatic rings. The zero-order valence-corrected chi connectivity index (χ0v) is 16.5. The fourth-order valence-electron chi connectivity index (χ4n) is 2.57. The molecule has 0 amide bonds. The molecular formula is C20H12F6N4O3. The van der Waals surface area contributed by atoms with E-state index in [1.165, 1.54) is 6.20 Å². The summed E-state index contributed by atoms with van der Waals surface area (Å²) in [5, 5.41) is 0. The highest BCUT2D eigenvalue weighted by Gasteiger charge is 2.35. The zero-order chi connectivity index (χ0) is 24.2. The number of hydrogen-bond donors (Lipinski definition) is 0. The summed E-state index contributed by atoms with van der Waals surface area (Å²) in [5.74, 6) is -0.0468. The molecule has 7 nitrogen and oxygen atoms in total. The van der Waals surface area contributed by atoms with Crippen LogP contribution in [-0.4, -0.2) is 26.2 Å². The summed E-state index contributed by atoms with van der Waals surface area (Å²) < 4.78 is 85.8. The highest BCUT2D eigenvalue weighted by molar-refractivity contribution is 5.71. The largest absolute Gasteiger partial charge is 0.441 e.